The van der Waals surface area contributed by atoms with Gasteiger partial charge in [-0.15, -0.1) is 0 Å². The predicted molar refractivity (Wildman–Crippen MR) is 112 cm³/mol. The summed E-state index contributed by atoms with van der Waals surface area (Å²) in [4.78, 5) is 24.7. The summed E-state index contributed by atoms with van der Waals surface area (Å²) in [6.45, 7) is 5.43. The standard InChI is InChI=1S/C21H25N3O4S/c1-13(2)20(25)22-17-8-7-14(3)19(12-17)23-21(26)15-5-4-6-18(11-15)29(27,28)24-16-9-10-16/h4-8,11-13,16,24H,9-10H2,1-3H3,(H,22,25)(H,23,26). The van der Waals surface area contributed by atoms with E-state index >= 15 is 0 Å². The highest BCUT2D eigenvalue weighted by atomic mass is 32.2. The summed E-state index contributed by atoms with van der Waals surface area (Å²) in [5, 5.41) is 5.59. The summed E-state index contributed by atoms with van der Waals surface area (Å²) in [5.41, 5.74) is 2.18. The van der Waals surface area contributed by atoms with E-state index < -0.39 is 15.9 Å². The molecule has 0 unspecified atom stereocenters. The van der Waals surface area contributed by atoms with Gasteiger partial charge in [0, 0.05) is 28.9 Å². The minimum atomic E-state index is -3.64. The number of carbonyl (C=O) groups excluding carboxylic acids is 2. The first-order valence-corrected chi connectivity index (χ1v) is 11.0. The Kier molecular flexibility index (Phi) is 6.04. The van der Waals surface area contributed by atoms with Crippen LogP contribution in [0.5, 0.6) is 0 Å². The zero-order valence-electron chi connectivity index (χ0n) is 16.7. The number of benzene rings is 2. The molecule has 154 valence electrons. The number of nitrogens with one attached hydrogen (secondary N) is 3. The van der Waals surface area contributed by atoms with Crippen LogP contribution in [-0.4, -0.2) is 26.3 Å². The van der Waals surface area contributed by atoms with Gasteiger partial charge in [0.2, 0.25) is 15.9 Å². The molecule has 3 N–H and O–H groups in total. The quantitative estimate of drug-likeness (QED) is 0.645. The van der Waals surface area contributed by atoms with Gasteiger partial charge in [0.25, 0.3) is 5.91 Å². The fourth-order valence-electron chi connectivity index (χ4n) is 2.61. The fourth-order valence-corrected chi connectivity index (χ4v) is 3.96. The van der Waals surface area contributed by atoms with E-state index in [1.807, 2.05) is 6.92 Å². The van der Waals surface area contributed by atoms with Crippen LogP contribution >= 0.6 is 0 Å². The van der Waals surface area contributed by atoms with Gasteiger partial charge in [-0.05, 0) is 55.7 Å². The molecule has 1 aliphatic carbocycles. The van der Waals surface area contributed by atoms with Gasteiger partial charge in [0.05, 0.1) is 4.90 Å². The second-order valence-corrected chi connectivity index (χ2v) is 9.27. The first-order chi connectivity index (χ1) is 13.7. The lowest BCUT2D eigenvalue weighted by Crippen LogP contribution is -2.26. The molecule has 2 aromatic carbocycles. The summed E-state index contributed by atoms with van der Waals surface area (Å²) in [6, 6.07) is 11.2. The molecule has 0 spiro atoms. The van der Waals surface area contributed by atoms with Crippen molar-refractivity contribution >= 4 is 33.2 Å². The van der Waals surface area contributed by atoms with Crippen LogP contribution in [-0.2, 0) is 14.8 Å². The van der Waals surface area contributed by atoms with Gasteiger partial charge < -0.3 is 10.6 Å². The molecule has 29 heavy (non-hydrogen) atoms. The molecule has 0 saturated heterocycles. The molecule has 1 aliphatic rings. The van der Waals surface area contributed by atoms with Crippen molar-refractivity contribution in [1.29, 1.82) is 0 Å². The highest BCUT2D eigenvalue weighted by Gasteiger charge is 2.28. The Balaban J connectivity index is 1.78. The summed E-state index contributed by atoms with van der Waals surface area (Å²) in [6.07, 6.45) is 1.67. The van der Waals surface area contributed by atoms with Gasteiger partial charge in [-0.2, -0.15) is 0 Å². The summed E-state index contributed by atoms with van der Waals surface area (Å²) in [7, 11) is -3.64. The molecule has 0 radical (unpaired) electrons. The molecule has 3 rings (SSSR count). The van der Waals surface area contributed by atoms with E-state index in [1.165, 1.54) is 12.1 Å². The molecular formula is C21H25N3O4S. The Hall–Kier alpha value is -2.71. The van der Waals surface area contributed by atoms with Crippen LogP contribution in [0.4, 0.5) is 11.4 Å². The van der Waals surface area contributed by atoms with Crippen LogP contribution in [0.15, 0.2) is 47.4 Å². The molecule has 7 nitrogen and oxygen atoms in total. The average Bonchev–Trinajstić information content (AvgIpc) is 3.47. The number of hydrogen-bond donors (Lipinski definition) is 3. The molecule has 8 heteroatoms. The van der Waals surface area contributed by atoms with Crippen molar-refractivity contribution in [2.24, 2.45) is 5.92 Å². The smallest absolute Gasteiger partial charge is 0.255 e. The SMILES string of the molecule is Cc1ccc(NC(=O)C(C)C)cc1NC(=O)c1cccc(S(=O)(=O)NC2CC2)c1. The number of aryl methyl sites for hydroxylation is 1. The lowest BCUT2D eigenvalue weighted by molar-refractivity contribution is -0.118. The van der Waals surface area contributed by atoms with Crippen LogP contribution in [0.1, 0.15) is 42.6 Å². The highest BCUT2D eigenvalue weighted by molar-refractivity contribution is 7.89. The minimum Gasteiger partial charge on any atom is -0.326 e. The van der Waals surface area contributed by atoms with Crippen molar-refractivity contribution < 1.29 is 18.0 Å². The van der Waals surface area contributed by atoms with E-state index in [0.29, 0.717) is 11.4 Å². The van der Waals surface area contributed by atoms with Gasteiger partial charge in [-0.3, -0.25) is 9.59 Å². The summed E-state index contributed by atoms with van der Waals surface area (Å²) >= 11 is 0. The third-order valence-electron chi connectivity index (χ3n) is 4.58. The molecule has 2 amide bonds. The second kappa shape index (κ2) is 8.34. The fraction of sp³-hybridized carbons (Fsp3) is 0.333. The number of amides is 2. The third kappa shape index (κ3) is 5.42. The van der Waals surface area contributed by atoms with Crippen molar-refractivity contribution in [1.82, 2.24) is 4.72 Å². The van der Waals surface area contributed by atoms with Crippen molar-refractivity contribution in [2.45, 2.75) is 44.6 Å². The first-order valence-electron chi connectivity index (χ1n) is 9.51. The van der Waals surface area contributed by atoms with Crippen molar-refractivity contribution in [3.8, 4) is 0 Å². The Bertz CT molecular complexity index is 1040. The number of hydrogen-bond acceptors (Lipinski definition) is 4. The summed E-state index contributed by atoms with van der Waals surface area (Å²) < 4.78 is 27.4. The van der Waals surface area contributed by atoms with Crippen LogP contribution in [0, 0.1) is 12.8 Å². The Morgan fingerprint density at radius 1 is 1.03 bits per heavy atom. The Morgan fingerprint density at radius 3 is 2.41 bits per heavy atom. The number of anilines is 2. The maximum absolute atomic E-state index is 12.7. The zero-order chi connectivity index (χ0) is 21.2. The topological polar surface area (TPSA) is 104 Å². The monoisotopic (exact) mass is 415 g/mol. The van der Waals surface area contributed by atoms with Crippen LogP contribution in [0.2, 0.25) is 0 Å². The van der Waals surface area contributed by atoms with Crippen molar-refractivity contribution in [3.63, 3.8) is 0 Å². The average molecular weight is 416 g/mol. The largest absolute Gasteiger partial charge is 0.326 e. The summed E-state index contributed by atoms with van der Waals surface area (Å²) in [5.74, 6) is -0.709. The van der Waals surface area contributed by atoms with Crippen LogP contribution in [0.3, 0.4) is 0 Å². The van der Waals surface area contributed by atoms with Crippen LogP contribution in [0.25, 0.3) is 0 Å². The van der Waals surface area contributed by atoms with Gasteiger partial charge >= 0.3 is 0 Å². The Morgan fingerprint density at radius 2 is 1.76 bits per heavy atom. The number of carbonyl (C=O) groups is 2. The molecule has 1 fully saturated rings. The number of rotatable bonds is 7. The van der Waals surface area contributed by atoms with E-state index in [4.69, 9.17) is 0 Å². The zero-order valence-corrected chi connectivity index (χ0v) is 17.5. The predicted octanol–water partition coefficient (Wildman–Crippen LogP) is 3.28. The van der Waals surface area contributed by atoms with Gasteiger partial charge in [0.15, 0.2) is 0 Å². The highest BCUT2D eigenvalue weighted by Crippen LogP contribution is 2.24. The molecular weight excluding hydrogens is 390 g/mol. The van der Waals surface area contributed by atoms with E-state index in [-0.39, 0.29) is 28.3 Å². The van der Waals surface area contributed by atoms with Crippen molar-refractivity contribution in [3.05, 3.63) is 53.6 Å². The molecule has 2 aromatic rings. The maximum atomic E-state index is 12.7. The van der Waals surface area contributed by atoms with Gasteiger partial charge in [-0.1, -0.05) is 26.0 Å². The van der Waals surface area contributed by atoms with E-state index in [2.05, 4.69) is 15.4 Å². The van der Waals surface area contributed by atoms with Gasteiger partial charge in [-0.25, -0.2) is 13.1 Å². The third-order valence-corrected chi connectivity index (χ3v) is 6.10. The van der Waals surface area contributed by atoms with E-state index in [0.717, 1.165) is 18.4 Å². The minimum absolute atomic E-state index is 0.0103. The van der Waals surface area contributed by atoms with E-state index in [1.54, 1.807) is 44.2 Å². The normalized spacial score (nSPS) is 13.9. The number of sulfonamides is 1. The molecule has 0 heterocycles. The van der Waals surface area contributed by atoms with Crippen LogP contribution < -0.4 is 15.4 Å². The molecule has 1 saturated carbocycles. The molecule has 0 atom stereocenters. The molecule has 0 bridgehead atoms. The Labute approximate surface area is 171 Å². The lowest BCUT2D eigenvalue weighted by atomic mass is 10.1. The molecule has 0 aromatic heterocycles. The second-order valence-electron chi connectivity index (χ2n) is 7.55. The lowest BCUT2D eigenvalue weighted by Gasteiger charge is -2.13. The first kappa shape index (κ1) is 21.0. The van der Waals surface area contributed by atoms with Crippen molar-refractivity contribution in [2.75, 3.05) is 10.6 Å². The van der Waals surface area contributed by atoms with E-state index in [9.17, 15) is 18.0 Å². The molecule has 0 aliphatic heterocycles. The van der Waals surface area contributed by atoms with Gasteiger partial charge in [0.1, 0.15) is 0 Å². The maximum Gasteiger partial charge on any atom is 0.255 e.